The molecule has 0 bridgehead atoms. The van der Waals surface area contributed by atoms with E-state index in [1.807, 2.05) is 0 Å². The van der Waals surface area contributed by atoms with Gasteiger partial charge in [-0.25, -0.2) is 14.7 Å². The molecule has 1 saturated heterocycles. The van der Waals surface area contributed by atoms with Crippen LogP contribution in [0.25, 0.3) is 0 Å². The third-order valence-corrected chi connectivity index (χ3v) is 1.82. The monoisotopic (exact) mass is 183 g/mol. The SMILES string of the molecule is NCC1CN(c2cnco2)C(=O)O1. The van der Waals surface area contributed by atoms with E-state index in [1.165, 1.54) is 17.5 Å². The van der Waals surface area contributed by atoms with Gasteiger partial charge in [-0.05, 0) is 0 Å². The van der Waals surface area contributed by atoms with E-state index in [4.69, 9.17) is 14.9 Å². The molecule has 1 unspecified atom stereocenters. The van der Waals surface area contributed by atoms with Crippen LogP contribution in [0, 0.1) is 0 Å². The number of rotatable bonds is 2. The van der Waals surface area contributed by atoms with E-state index in [-0.39, 0.29) is 6.10 Å². The van der Waals surface area contributed by atoms with E-state index in [2.05, 4.69) is 4.98 Å². The molecule has 6 heteroatoms. The first kappa shape index (κ1) is 8.06. The van der Waals surface area contributed by atoms with E-state index < -0.39 is 6.09 Å². The summed E-state index contributed by atoms with van der Waals surface area (Å²) in [4.78, 5) is 16.3. The number of nitrogens with two attached hydrogens (primary N) is 1. The lowest BCUT2D eigenvalue weighted by Gasteiger charge is -2.06. The maximum atomic E-state index is 11.2. The lowest BCUT2D eigenvalue weighted by molar-refractivity contribution is 0.145. The van der Waals surface area contributed by atoms with E-state index in [1.54, 1.807) is 0 Å². The maximum Gasteiger partial charge on any atom is 0.417 e. The van der Waals surface area contributed by atoms with Crippen LogP contribution in [0.3, 0.4) is 0 Å². The highest BCUT2D eigenvalue weighted by molar-refractivity contribution is 5.87. The maximum absolute atomic E-state index is 11.2. The predicted octanol–water partition coefficient (Wildman–Crippen LogP) is -0.0415. The molecule has 13 heavy (non-hydrogen) atoms. The van der Waals surface area contributed by atoms with Gasteiger partial charge in [-0.1, -0.05) is 0 Å². The zero-order valence-corrected chi connectivity index (χ0v) is 6.84. The van der Waals surface area contributed by atoms with Crippen molar-refractivity contribution in [3.05, 3.63) is 12.6 Å². The molecule has 6 nitrogen and oxygen atoms in total. The fraction of sp³-hybridized carbons (Fsp3) is 0.429. The predicted molar refractivity (Wildman–Crippen MR) is 43.2 cm³/mol. The van der Waals surface area contributed by atoms with E-state index in [0.29, 0.717) is 19.0 Å². The summed E-state index contributed by atoms with van der Waals surface area (Å²) < 4.78 is 9.87. The Labute approximate surface area is 74.3 Å². The quantitative estimate of drug-likeness (QED) is 0.695. The first-order valence-electron chi connectivity index (χ1n) is 3.88. The molecule has 1 amide bonds. The van der Waals surface area contributed by atoms with Crippen LogP contribution < -0.4 is 10.6 Å². The second kappa shape index (κ2) is 3.06. The number of aromatic nitrogens is 1. The number of amides is 1. The number of ether oxygens (including phenoxy) is 1. The Kier molecular flexibility index (Phi) is 1.90. The summed E-state index contributed by atoms with van der Waals surface area (Å²) in [5.41, 5.74) is 5.36. The van der Waals surface area contributed by atoms with Gasteiger partial charge in [0.1, 0.15) is 6.10 Å². The van der Waals surface area contributed by atoms with Gasteiger partial charge in [0.25, 0.3) is 0 Å². The fourth-order valence-corrected chi connectivity index (χ4v) is 1.17. The summed E-state index contributed by atoms with van der Waals surface area (Å²) in [6.45, 7) is 0.737. The smallest absolute Gasteiger partial charge is 0.417 e. The van der Waals surface area contributed by atoms with E-state index in [0.717, 1.165) is 0 Å². The number of hydrogen-bond acceptors (Lipinski definition) is 5. The summed E-state index contributed by atoms with van der Waals surface area (Å²) in [6, 6.07) is 0. The summed E-state index contributed by atoms with van der Waals surface area (Å²) in [5.74, 6) is 0.390. The molecular formula is C7H9N3O3. The minimum atomic E-state index is -0.438. The fourth-order valence-electron chi connectivity index (χ4n) is 1.17. The second-order valence-electron chi connectivity index (χ2n) is 2.69. The number of oxazole rings is 1. The first-order valence-corrected chi connectivity index (χ1v) is 3.88. The molecule has 1 aromatic heterocycles. The van der Waals surface area contributed by atoms with Crippen molar-refractivity contribution >= 4 is 12.0 Å². The van der Waals surface area contributed by atoms with Crippen LogP contribution in [0.1, 0.15) is 0 Å². The Morgan fingerprint density at radius 3 is 3.15 bits per heavy atom. The molecule has 2 rings (SSSR count). The molecule has 2 N–H and O–H groups in total. The molecule has 0 aliphatic carbocycles. The van der Waals surface area contributed by atoms with Crippen LogP contribution in [0.2, 0.25) is 0 Å². The van der Waals surface area contributed by atoms with Gasteiger partial charge in [0, 0.05) is 6.54 Å². The third-order valence-electron chi connectivity index (χ3n) is 1.82. The van der Waals surface area contributed by atoms with Crippen LogP contribution in [0.4, 0.5) is 10.7 Å². The van der Waals surface area contributed by atoms with Crippen LogP contribution in [0.15, 0.2) is 17.0 Å². The van der Waals surface area contributed by atoms with E-state index in [9.17, 15) is 4.79 Å². The Morgan fingerprint density at radius 2 is 2.62 bits per heavy atom. The summed E-state index contributed by atoms with van der Waals surface area (Å²) >= 11 is 0. The van der Waals surface area contributed by atoms with Gasteiger partial charge in [0.05, 0.1) is 12.7 Å². The van der Waals surface area contributed by atoms with Crippen molar-refractivity contribution in [2.24, 2.45) is 5.73 Å². The van der Waals surface area contributed by atoms with Gasteiger partial charge in [-0.2, -0.15) is 0 Å². The lowest BCUT2D eigenvalue weighted by Crippen LogP contribution is -2.27. The minimum Gasteiger partial charge on any atom is -0.443 e. The average Bonchev–Trinajstić information content (AvgIpc) is 2.72. The molecule has 0 radical (unpaired) electrons. The van der Waals surface area contributed by atoms with Crippen molar-refractivity contribution in [1.82, 2.24) is 4.98 Å². The molecule has 2 heterocycles. The lowest BCUT2D eigenvalue weighted by atomic mass is 10.3. The molecule has 1 aromatic rings. The summed E-state index contributed by atoms with van der Waals surface area (Å²) in [7, 11) is 0. The molecule has 0 spiro atoms. The van der Waals surface area contributed by atoms with Crippen molar-refractivity contribution in [3.63, 3.8) is 0 Å². The number of cyclic esters (lactones) is 1. The van der Waals surface area contributed by atoms with Crippen LogP contribution in [0.5, 0.6) is 0 Å². The standard InChI is InChI=1S/C7H9N3O3/c8-1-5-3-10(7(11)13-5)6-2-9-4-12-6/h2,4-5H,1,3,8H2. The topological polar surface area (TPSA) is 81.6 Å². The Morgan fingerprint density at radius 1 is 1.77 bits per heavy atom. The molecule has 1 aliphatic heterocycles. The molecule has 70 valence electrons. The Hall–Kier alpha value is -1.56. The van der Waals surface area contributed by atoms with Crippen molar-refractivity contribution in [2.45, 2.75) is 6.10 Å². The normalized spacial score (nSPS) is 22.1. The second-order valence-corrected chi connectivity index (χ2v) is 2.69. The molecule has 0 aromatic carbocycles. The summed E-state index contributed by atoms with van der Waals surface area (Å²) in [5, 5.41) is 0. The van der Waals surface area contributed by atoms with Gasteiger partial charge in [-0.15, -0.1) is 0 Å². The van der Waals surface area contributed by atoms with Crippen molar-refractivity contribution in [2.75, 3.05) is 18.0 Å². The zero-order valence-electron chi connectivity index (χ0n) is 6.84. The Bertz CT molecular complexity index is 298. The van der Waals surface area contributed by atoms with Crippen LogP contribution in [-0.4, -0.2) is 30.3 Å². The molecule has 0 saturated carbocycles. The number of carbonyl (C=O) groups excluding carboxylic acids is 1. The van der Waals surface area contributed by atoms with Crippen LogP contribution in [-0.2, 0) is 4.74 Å². The van der Waals surface area contributed by atoms with Crippen molar-refractivity contribution < 1.29 is 13.9 Å². The number of carbonyl (C=O) groups is 1. The van der Waals surface area contributed by atoms with Crippen LogP contribution >= 0.6 is 0 Å². The Balaban J connectivity index is 2.14. The van der Waals surface area contributed by atoms with Gasteiger partial charge >= 0.3 is 6.09 Å². The highest BCUT2D eigenvalue weighted by Gasteiger charge is 2.33. The molecule has 1 fully saturated rings. The number of nitrogens with zero attached hydrogens (tertiary/aromatic N) is 2. The average molecular weight is 183 g/mol. The van der Waals surface area contributed by atoms with Crippen molar-refractivity contribution in [3.8, 4) is 0 Å². The van der Waals surface area contributed by atoms with E-state index >= 15 is 0 Å². The molecule has 1 aliphatic rings. The third kappa shape index (κ3) is 1.35. The highest BCUT2D eigenvalue weighted by Crippen LogP contribution is 2.19. The largest absolute Gasteiger partial charge is 0.443 e. The molecular weight excluding hydrogens is 174 g/mol. The zero-order chi connectivity index (χ0) is 9.26. The summed E-state index contributed by atoms with van der Waals surface area (Å²) in [6.07, 6.45) is 2.03. The van der Waals surface area contributed by atoms with Gasteiger partial charge in [0.2, 0.25) is 5.88 Å². The van der Waals surface area contributed by atoms with Gasteiger partial charge in [0.15, 0.2) is 6.39 Å². The van der Waals surface area contributed by atoms with Crippen molar-refractivity contribution in [1.29, 1.82) is 0 Å². The minimum absolute atomic E-state index is 0.252. The molecule has 1 atom stereocenters. The number of hydrogen-bond donors (Lipinski definition) is 1. The van der Waals surface area contributed by atoms with Gasteiger partial charge in [-0.3, -0.25) is 0 Å². The number of anilines is 1. The van der Waals surface area contributed by atoms with Gasteiger partial charge < -0.3 is 14.9 Å². The first-order chi connectivity index (χ1) is 6.31. The highest BCUT2D eigenvalue weighted by atomic mass is 16.6.